The van der Waals surface area contributed by atoms with E-state index in [4.69, 9.17) is 14.9 Å². The lowest BCUT2D eigenvalue weighted by atomic mass is 10.1. The van der Waals surface area contributed by atoms with Crippen molar-refractivity contribution < 1.29 is 24.5 Å². The van der Waals surface area contributed by atoms with Crippen molar-refractivity contribution in [2.24, 2.45) is 0 Å². The molecule has 0 saturated heterocycles. The SMILES string of the molecule is CCCCCCCCCCCCCC(=O)NCCN(CCO)CC(=O)OCCO. The molecule has 0 radical (unpaired) electrons. The smallest absolute Gasteiger partial charge is 0.320 e. The summed E-state index contributed by atoms with van der Waals surface area (Å²) in [5.74, 6) is -0.410. The number of hydrogen-bond donors (Lipinski definition) is 3. The molecule has 0 atom stereocenters. The molecule has 0 aromatic carbocycles. The van der Waals surface area contributed by atoms with E-state index in [0.29, 0.717) is 26.1 Å². The van der Waals surface area contributed by atoms with Gasteiger partial charge in [-0.25, -0.2) is 0 Å². The van der Waals surface area contributed by atoms with Gasteiger partial charge in [0.2, 0.25) is 5.91 Å². The number of rotatable bonds is 21. The van der Waals surface area contributed by atoms with Crippen molar-refractivity contribution in [2.45, 2.75) is 84.0 Å². The van der Waals surface area contributed by atoms with E-state index in [9.17, 15) is 9.59 Å². The van der Waals surface area contributed by atoms with E-state index in [1.165, 1.54) is 57.8 Å². The van der Waals surface area contributed by atoms with Crippen LogP contribution in [0.4, 0.5) is 0 Å². The second kappa shape index (κ2) is 21.5. The van der Waals surface area contributed by atoms with Gasteiger partial charge in [-0.05, 0) is 6.42 Å². The fraction of sp³-hybridized carbons (Fsp3) is 0.909. The highest BCUT2D eigenvalue weighted by atomic mass is 16.5. The van der Waals surface area contributed by atoms with Gasteiger partial charge >= 0.3 is 5.97 Å². The number of aliphatic hydroxyl groups excluding tert-OH is 2. The molecule has 0 saturated carbocycles. The molecule has 0 fully saturated rings. The van der Waals surface area contributed by atoms with E-state index >= 15 is 0 Å². The number of nitrogens with zero attached hydrogens (tertiary/aromatic N) is 1. The summed E-state index contributed by atoms with van der Waals surface area (Å²) in [6, 6.07) is 0. The fourth-order valence-corrected chi connectivity index (χ4v) is 3.19. The second-order valence-corrected chi connectivity index (χ2v) is 7.58. The van der Waals surface area contributed by atoms with Gasteiger partial charge in [0, 0.05) is 26.1 Å². The molecule has 3 N–H and O–H groups in total. The van der Waals surface area contributed by atoms with Gasteiger partial charge in [0.25, 0.3) is 0 Å². The van der Waals surface area contributed by atoms with Gasteiger partial charge in [-0.1, -0.05) is 71.1 Å². The molecule has 7 heteroatoms. The van der Waals surface area contributed by atoms with Crippen LogP contribution in [0.1, 0.15) is 84.0 Å². The Morgan fingerprint density at radius 1 is 0.828 bits per heavy atom. The predicted octanol–water partition coefficient (Wildman–Crippen LogP) is 2.63. The highest BCUT2D eigenvalue weighted by Gasteiger charge is 2.11. The monoisotopic (exact) mass is 416 g/mol. The van der Waals surface area contributed by atoms with Crippen LogP contribution >= 0.6 is 0 Å². The second-order valence-electron chi connectivity index (χ2n) is 7.58. The maximum absolute atomic E-state index is 11.9. The summed E-state index contributed by atoms with van der Waals surface area (Å²) < 4.78 is 4.82. The van der Waals surface area contributed by atoms with Crippen LogP contribution < -0.4 is 5.32 Å². The van der Waals surface area contributed by atoms with Gasteiger partial charge in [-0.15, -0.1) is 0 Å². The van der Waals surface area contributed by atoms with Crippen LogP contribution in [0.5, 0.6) is 0 Å². The molecular formula is C22H44N2O5. The molecule has 0 aliphatic heterocycles. The van der Waals surface area contributed by atoms with Gasteiger partial charge in [0.15, 0.2) is 0 Å². The first-order chi connectivity index (χ1) is 14.1. The van der Waals surface area contributed by atoms with E-state index in [-0.39, 0.29) is 32.3 Å². The normalized spacial score (nSPS) is 11.0. The highest BCUT2D eigenvalue weighted by Crippen LogP contribution is 2.11. The van der Waals surface area contributed by atoms with Crippen LogP contribution in [0.25, 0.3) is 0 Å². The molecule has 7 nitrogen and oxygen atoms in total. The van der Waals surface area contributed by atoms with Crippen LogP contribution in [0.15, 0.2) is 0 Å². The summed E-state index contributed by atoms with van der Waals surface area (Å²) in [4.78, 5) is 25.2. The van der Waals surface area contributed by atoms with Gasteiger partial charge in [-0.3, -0.25) is 14.5 Å². The molecule has 0 aromatic rings. The first-order valence-corrected chi connectivity index (χ1v) is 11.5. The molecule has 0 unspecified atom stereocenters. The minimum absolute atomic E-state index is 0.0263. The first kappa shape index (κ1) is 27.8. The molecule has 0 spiro atoms. The van der Waals surface area contributed by atoms with Crippen LogP contribution in [-0.4, -0.2) is 73.0 Å². The number of carbonyl (C=O) groups is 2. The maximum Gasteiger partial charge on any atom is 0.320 e. The molecule has 0 heterocycles. The molecule has 0 bridgehead atoms. The minimum atomic E-state index is -0.445. The zero-order valence-electron chi connectivity index (χ0n) is 18.5. The average molecular weight is 417 g/mol. The van der Waals surface area contributed by atoms with Crippen molar-refractivity contribution >= 4 is 11.9 Å². The number of nitrogens with one attached hydrogen (secondary N) is 1. The number of esters is 1. The molecule has 29 heavy (non-hydrogen) atoms. The summed E-state index contributed by atoms with van der Waals surface area (Å²) in [5.41, 5.74) is 0. The number of amides is 1. The Morgan fingerprint density at radius 2 is 1.41 bits per heavy atom. The quantitative estimate of drug-likeness (QED) is 0.196. The maximum atomic E-state index is 11.9. The zero-order valence-corrected chi connectivity index (χ0v) is 18.5. The summed E-state index contributed by atoms with van der Waals surface area (Å²) in [6.07, 6.45) is 14.4. The van der Waals surface area contributed by atoms with Crippen LogP contribution in [0.3, 0.4) is 0 Å². The third-order valence-corrected chi connectivity index (χ3v) is 4.88. The third-order valence-electron chi connectivity index (χ3n) is 4.88. The summed E-state index contributed by atoms with van der Waals surface area (Å²) in [7, 11) is 0. The summed E-state index contributed by atoms with van der Waals surface area (Å²) in [6.45, 7) is 3.22. The number of carbonyl (C=O) groups excluding carboxylic acids is 2. The standard InChI is InChI=1S/C22H44N2O5/c1-2-3-4-5-6-7-8-9-10-11-12-13-21(27)23-14-15-24(16-17-25)20-22(28)29-19-18-26/h25-26H,2-20H2,1H3,(H,23,27). The Kier molecular flexibility index (Phi) is 20.7. The van der Waals surface area contributed by atoms with Crippen LogP contribution in [0.2, 0.25) is 0 Å². The average Bonchev–Trinajstić information content (AvgIpc) is 2.70. The Morgan fingerprint density at radius 3 is 1.97 bits per heavy atom. The number of ether oxygens (including phenoxy) is 1. The Balaban J connectivity index is 3.60. The van der Waals surface area contributed by atoms with Gasteiger partial charge < -0.3 is 20.3 Å². The van der Waals surface area contributed by atoms with Crippen molar-refractivity contribution in [3.05, 3.63) is 0 Å². The van der Waals surface area contributed by atoms with E-state index in [1.807, 2.05) is 0 Å². The fourth-order valence-electron chi connectivity index (χ4n) is 3.19. The zero-order chi connectivity index (χ0) is 21.6. The molecule has 0 aliphatic carbocycles. The number of unbranched alkanes of at least 4 members (excludes halogenated alkanes) is 10. The van der Waals surface area contributed by atoms with Crippen LogP contribution in [-0.2, 0) is 14.3 Å². The predicted molar refractivity (Wildman–Crippen MR) is 116 cm³/mol. The van der Waals surface area contributed by atoms with Gasteiger partial charge in [-0.2, -0.15) is 0 Å². The third kappa shape index (κ3) is 19.9. The lowest BCUT2D eigenvalue weighted by Crippen LogP contribution is -2.39. The highest BCUT2D eigenvalue weighted by molar-refractivity contribution is 5.75. The van der Waals surface area contributed by atoms with Crippen molar-refractivity contribution in [2.75, 3.05) is 46.0 Å². The summed E-state index contributed by atoms with van der Waals surface area (Å²) >= 11 is 0. The molecule has 0 rings (SSSR count). The Labute approximate surface area is 177 Å². The van der Waals surface area contributed by atoms with Crippen LogP contribution in [0, 0.1) is 0 Å². The van der Waals surface area contributed by atoms with Crippen molar-refractivity contribution in [3.63, 3.8) is 0 Å². The molecular weight excluding hydrogens is 372 g/mol. The van der Waals surface area contributed by atoms with Crippen molar-refractivity contribution in [3.8, 4) is 0 Å². The van der Waals surface area contributed by atoms with Crippen molar-refractivity contribution in [1.29, 1.82) is 0 Å². The first-order valence-electron chi connectivity index (χ1n) is 11.5. The van der Waals surface area contributed by atoms with Crippen molar-refractivity contribution in [1.82, 2.24) is 10.2 Å². The molecule has 172 valence electrons. The lowest BCUT2D eigenvalue weighted by Gasteiger charge is -2.20. The van der Waals surface area contributed by atoms with E-state index < -0.39 is 5.97 Å². The largest absolute Gasteiger partial charge is 0.462 e. The topological polar surface area (TPSA) is 99.1 Å². The molecule has 0 aliphatic rings. The van der Waals surface area contributed by atoms with E-state index in [2.05, 4.69) is 12.2 Å². The van der Waals surface area contributed by atoms with E-state index in [0.717, 1.165) is 12.8 Å². The number of aliphatic hydroxyl groups is 2. The number of hydrogen-bond acceptors (Lipinski definition) is 6. The molecule has 1 amide bonds. The van der Waals surface area contributed by atoms with E-state index in [1.54, 1.807) is 4.90 Å². The molecule has 0 aromatic heterocycles. The van der Waals surface area contributed by atoms with Gasteiger partial charge in [0.1, 0.15) is 6.61 Å². The minimum Gasteiger partial charge on any atom is -0.462 e. The summed E-state index contributed by atoms with van der Waals surface area (Å²) in [5, 5.41) is 20.6. The Hall–Kier alpha value is -1.18. The van der Waals surface area contributed by atoms with Gasteiger partial charge in [0.05, 0.1) is 19.8 Å². The lowest BCUT2D eigenvalue weighted by molar-refractivity contribution is -0.146. The Bertz CT molecular complexity index is 393.